The van der Waals surface area contributed by atoms with E-state index in [1.807, 2.05) is 31.4 Å². The fourth-order valence-corrected chi connectivity index (χ4v) is 8.26. The Labute approximate surface area is 198 Å². The SMILES string of the molecule is CCCCc1c(SSSc2ccc3ccccc3c2CCCC)ccc2ccccc12. The Morgan fingerprint density at radius 1 is 0.548 bits per heavy atom. The lowest BCUT2D eigenvalue weighted by Gasteiger charge is -2.14. The first-order chi connectivity index (χ1) is 15.3. The lowest BCUT2D eigenvalue weighted by Crippen LogP contribution is -1.91. The second kappa shape index (κ2) is 11.4. The average Bonchev–Trinajstić information content (AvgIpc) is 2.82. The standard InChI is InChI=1S/C28H30S3/c1-3-5-13-25-23-15-9-7-11-21(23)17-19-27(25)29-31-30-28-20-18-22-12-8-10-16-24(22)26(28)14-6-4-2/h7-12,15-20H,3-6,13-14H2,1-2H3. The minimum atomic E-state index is 1.16. The second-order valence-electron chi connectivity index (χ2n) is 7.97. The molecule has 3 heteroatoms. The largest absolute Gasteiger partial charge is 0.0654 e. The Kier molecular flexibility index (Phi) is 8.29. The average molecular weight is 463 g/mol. The van der Waals surface area contributed by atoms with Crippen LogP contribution in [0.3, 0.4) is 0 Å². The van der Waals surface area contributed by atoms with Crippen molar-refractivity contribution in [2.24, 2.45) is 0 Å². The van der Waals surface area contributed by atoms with Gasteiger partial charge in [-0.25, -0.2) is 0 Å². The van der Waals surface area contributed by atoms with Gasteiger partial charge in [0.2, 0.25) is 0 Å². The molecule has 0 fully saturated rings. The molecule has 0 spiro atoms. The molecule has 0 unspecified atom stereocenters. The van der Waals surface area contributed by atoms with Crippen LogP contribution >= 0.6 is 31.4 Å². The van der Waals surface area contributed by atoms with E-state index in [9.17, 15) is 0 Å². The van der Waals surface area contributed by atoms with Crippen LogP contribution in [0.2, 0.25) is 0 Å². The van der Waals surface area contributed by atoms with E-state index >= 15 is 0 Å². The van der Waals surface area contributed by atoms with E-state index in [0.29, 0.717) is 0 Å². The minimum absolute atomic E-state index is 1.16. The molecule has 0 aromatic heterocycles. The summed E-state index contributed by atoms with van der Waals surface area (Å²) in [5.41, 5.74) is 3.03. The van der Waals surface area contributed by atoms with Gasteiger partial charge in [0, 0.05) is 9.79 Å². The minimum Gasteiger partial charge on any atom is -0.0654 e. The van der Waals surface area contributed by atoms with Gasteiger partial charge in [-0.1, -0.05) is 87.4 Å². The van der Waals surface area contributed by atoms with Crippen molar-refractivity contribution in [3.8, 4) is 0 Å². The smallest absolute Gasteiger partial charge is 0.0229 e. The first kappa shape index (κ1) is 22.6. The van der Waals surface area contributed by atoms with Gasteiger partial charge in [0.15, 0.2) is 0 Å². The molecule has 31 heavy (non-hydrogen) atoms. The quantitative estimate of drug-likeness (QED) is 0.215. The van der Waals surface area contributed by atoms with Crippen molar-refractivity contribution in [2.45, 2.75) is 62.2 Å². The van der Waals surface area contributed by atoms with Gasteiger partial charge in [0.1, 0.15) is 0 Å². The van der Waals surface area contributed by atoms with Gasteiger partial charge in [-0.15, -0.1) is 0 Å². The Balaban J connectivity index is 1.57. The fraction of sp³-hybridized carbons (Fsp3) is 0.286. The maximum Gasteiger partial charge on any atom is 0.0229 e. The van der Waals surface area contributed by atoms with Gasteiger partial charge in [0.05, 0.1) is 0 Å². The van der Waals surface area contributed by atoms with E-state index in [4.69, 9.17) is 0 Å². The molecular weight excluding hydrogens is 433 g/mol. The number of hydrogen-bond acceptors (Lipinski definition) is 3. The van der Waals surface area contributed by atoms with Crippen molar-refractivity contribution in [3.05, 3.63) is 83.9 Å². The third-order valence-corrected chi connectivity index (χ3v) is 9.77. The van der Waals surface area contributed by atoms with E-state index in [1.54, 1.807) is 0 Å². The van der Waals surface area contributed by atoms with Crippen LogP contribution in [0.1, 0.15) is 50.7 Å². The monoisotopic (exact) mass is 462 g/mol. The normalized spacial score (nSPS) is 11.4. The highest BCUT2D eigenvalue weighted by molar-refractivity contribution is 9.09. The summed E-state index contributed by atoms with van der Waals surface area (Å²) in [4.78, 5) is 2.83. The van der Waals surface area contributed by atoms with E-state index in [-0.39, 0.29) is 0 Å². The van der Waals surface area contributed by atoms with Crippen LogP contribution in [0.4, 0.5) is 0 Å². The van der Waals surface area contributed by atoms with Crippen molar-refractivity contribution >= 4 is 53.0 Å². The van der Waals surface area contributed by atoms with Crippen molar-refractivity contribution in [1.29, 1.82) is 0 Å². The summed E-state index contributed by atoms with van der Waals surface area (Å²) < 4.78 is 0. The highest BCUT2D eigenvalue weighted by Crippen LogP contribution is 2.48. The maximum absolute atomic E-state index is 2.32. The summed E-state index contributed by atoms with van der Waals surface area (Å²) in [6, 6.07) is 26.9. The summed E-state index contributed by atoms with van der Waals surface area (Å²) in [7, 11) is 5.75. The van der Waals surface area contributed by atoms with Crippen LogP contribution in [0.25, 0.3) is 21.5 Å². The molecule has 4 aromatic carbocycles. The zero-order valence-electron chi connectivity index (χ0n) is 18.4. The number of unbranched alkanes of at least 4 members (excludes halogenated alkanes) is 2. The van der Waals surface area contributed by atoms with Crippen LogP contribution < -0.4 is 0 Å². The lowest BCUT2D eigenvalue weighted by molar-refractivity contribution is 0.790. The van der Waals surface area contributed by atoms with Crippen molar-refractivity contribution in [1.82, 2.24) is 0 Å². The van der Waals surface area contributed by atoms with Crippen LogP contribution in [0.15, 0.2) is 82.6 Å². The Hall–Kier alpha value is -1.55. The van der Waals surface area contributed by atoms with Gasteiger partial charge in [-0.05, 0) is 102 Å². The molecule has 4 aromatic rings. The molecule has 0 aliphatic rings. The van der Waals surface area contributed by atoms with Crippen LogP contribution in [0, 0.1) is 0 Å². The van der Waals surface area contributed by atoms with E-state index < -0.39 is 0 Å². The number of aryl methyl sites for hydroxylation is 2. The van der Waals surface area contributed by atoms with E-state index in [1.165, 1.54) is 68.1 Å². The van der Waals surface area contributed by atoms with Crippen LogP contribution in [-0.2, 0) is 12.8 Å². The third kappa shape index (κ3) is 5.45. The second-order valence-corrected chi connectivity index (χ2v) is 12.0. The molecule has 160 valence electrons. The molecule has 0 radical (unpaired) electrons. The van der Waals surface area contributed by atoms with Gasteiger partial charge in [-0.2, -0.15) is 0 Å². The van der Waals surface area contributed by atoms with Crippen molar-refractivity contribution in [2.75, 3.05) is 0 Å². The molecule has 0 heterocycles. The lowest BCUT2D eigenvalue weighted by atomic mass is 10.0. The Bertz CT molecular complexity index is 1060. The van der Waals surface area contributed by atoms with E-state index in [2.05, 4.69) is 86.6 Å². The summed E-state index contributed by atoms with van der Waals surface area (Å²) in [5, 5.41) is 5.54. The molecule has 0 aliphatic carbocycles. The molecular formula is C28H30S3. The van der Waals surface area contributed by atoms with Crippen molar-refractivity contribution in [3.63, 3.8) is 0 Å². The molecule has 0 saturated heterocycles. The summed E-state index contributed by atoms with van der Waals surface area (Å²) in [6.07, 6.45) is 7.25. The molecule has 0 bridgehead atoms. The van der Waals surface area contributed by atoms with Gasteiger partial charge in [0.25, 0.3) is 0 Å². The van der Waals surface area contributed by atoms with Gasteiger partial charge < -0.3 is 0 Å². The van der Waals surface area contributed by atoms with Gasteiger partial charge >= 0.3 is 0 Å². The molecule has 0 amide bonds. The highest BCUT2D eigenvalue weighted by atomic mass is 33.5. The maximum atomic E-state index is 2.32. The predicted octanol–water partition coefficient (Wildman–Crippen LogP) is 10.1. The van der Waals surface area contributed by atoms with Gasteiger partial charge in [-0.3, -0.25) is 0 Å². The number of benzene rings is 4. The highest BCUT2D eigenvalue weighted by Gasteiger charge is 2.12. The van der Waals surface area contributed by atoms with Crippen LogP contribution in [0.5, 0.6) is 0 Å². The van der Waals surface area contributed by atoms with Crippen LogP contribution in [-0.4, -0.2) is 0 Å². The van der Waals surface area contributed by atoms with Crippen molar-refractivity contribution < 1.29 is 0 Å². The predicted molar refractivity (Wildman–Crippen MR) is 144 cm³/mol. The molecule has 0 N–H and O–H groups in total. The number of rotatable bonds is 10. The molecule has 0 saturated carbocycles. The van der Waals surface area contributed by atoms with E-state index in [0.717, 1.165) is 12.8 Å². The third-order valence-electron chi connectivity index (χ3n) is 5.80. The summed E-state index contributed by atoms with van der Waals surface area (Å²) in [5.74, 6) is 0. The summed E-state index contributed by atoms with van der Waals surface area (Å²) >= 11 is 0. The Morgan fingerprint density at radius 3 is 1.45 bits per heavy atom. The Morgan fingerprint density at radius 2 is 1.00 bits per heavy atom. The zero-order valence-corrected chi connectivity index (χ0v) is 20.8. The fourth-order valence-electron chi connectivity index (χ4n) is 4.10. The molecule has 0 aliphatic heterocycles. The molecule has 0 nitrogen and oxygen atoms in total. The summed E-state index contributed by atoms with van der Waals surface area (Å²) in [6.45, 7) is 4.56. The number of fused-ring (bicyclic) bond motifs is 2. The first-order valence-corrected chi connectivity index (χ1v) is 14.8. The molecule has 4 rings (SSSR count). The zero-order chi connectivity index (χ0) is 21.5. The number of hydrogen-bond donors (Lipinski definition) is 0. The first-order valence-electron chi connectivity index (χ1n) is 11.3. The topological polar surface area (TPSA) is 0 Å². The molecule has 0 atom stereocenters.